The molecule has 1 aliphatic carbocycles. The lowest BCUT2D eigenvalue weighted by Gasteiger charge is -2.04. The van der Waals surface area contributed by atoms with Gasteiger partial charge < -0.3 is 0 Å². The Labute approximate surface area is 74.6 Å². The molecular weight excluding hydrogens is 156 g/mol. The highest BCUT2D eigenvalue weighted by Crippen LogP contribution is 2.29. The summed E-state index contributed by atoms with van der Waals surface area (Å²) in [5, 5.41) is 1.09. The summed E-state index contributed by atoms with van der Waals surface area (Å²) >= 11 is 5.88. The number of unbranched alkanes of at least 4 members (excludes halogenated alkanes) is 2. The van der Waals surface area contributed by atoms with Crippen molar-refractivity contribution in [1.82, 2.24) is 0 Å². The standard InChI is InChI=1S/C10H17Cl/c1-2-3-4-5-9-6-7-10(11)8-9/h8-9H,2-7H2,1H3. The molecular formula is C10H17Cl. The van der Waals surface area contributed by atoms with Gasteiger partial charge in [-0.1, -0.05) is 43.9 Å². The fourth-order valence-corrected chi connectivity index (χ4v) is 1.92. The third kappa shape index (κ3) is 3.29. The van der Waals surface area contributed by atoms with Crippen molar-refractivity contribution in [2.75, 3.05) is 0 Å². The third-order valence-electron chi connectivity index (χ3n) is 2.35. The van der Waals surface area contributed by atoms with E-state index in [-0.39, 0.29) is 0 Å². The third-order valence-corrected chi connectivity index (χ3v) is 2.66. The number of halogens is 1. The molecule has 0 radical (unpaired) electrons. The van der Waals surface area contributed by atoms with E-state index in [0.717, 1.165) is 17.4 Å². The first-order valence-electron chi connectivity index (χ1n) is 4.69. The van der Waals surface area contributed by atoms with Gasteiger partial charge in [0.1, 0.15) is 0 Å². The van der Waals surface area contributed by atoms with Gasteiger partial charge in [-0.2, -0.15) is 0 Å². The van der Waals surface area contributed by atoms with E-state index in [4.69, 9.17) is 11.6 Å². The van der Waals surface area contributed by atoms with Crippen LogP contribution in [0.5, 0.6) is 0 Å². The topological polar surface area (TPSA) is 0 Å². The van der Waals surface area contributed by atoms with E-state index in [9.17, 15) is 0 Å². The van der Waals surface area contributed by atoms with Gasteiger partial charge in [0, 0.05) is 5.03 Å². The minimum absolute atomic E-state index is 0.800. The summed E-state index contributed by atoms with van der Waals surface area (Å²) in [5.74, 6) is 0.800. The average molecular weight is 173 g/mol. The van der Waals surface area contributed by atoms with Crippen LogP contribution in [0.2, 0.25) is 0 Å². The van der Waals surface area contributed by atoms with E-state index in [0.29, 0.717) is 0 Å². The van der Waals surface area contributed by atoms with Gasteiger partial charge in [-0.25, -0.2) is 0 Å². The van der Waals surface area contributed by atoms with Crippen molar-refractivity contribution in [2.45, 2.75) is 45.4 Å². The zero-order valence-corrected chi connectivity index (χ0v) is 8.03. The lowest BCUT2D eigenvalue weighted by atomic mass is 10.0. The van der Waals surface area contributed by atoms with Crippen LogP contribution in [0, 0.1) is 5.92 Å². The van der Waals surface area contributed by atoms with Crippen LogP contribution in [0.3, 0.4) is 0 Å². The Balaban J connectivity index is 2.08. The molecule has 0 saturated heterocycles. The van der Waals surface area contributed by atoms with Crippen molar-refractivity contribution >= 4 is 11.6 Å². The Hall–Kier alpha value is 0.0300. The summed E-state index contributed by atoms with van der Waals surface area (Å²) in [4.78, 5) is 0. The molecule has 0 saturated carbocycles. The van der Waals surface area contributed by atoms with Gasteiger partial charge in [-0.05, 0) is 25.2 Å². The predicted molar refractivity (Wildman–Crippen MR) is 50.8 cm³/mol. The smallest absolute Gasteiger partial charge is 0.0144 e. The molecule has 1 rings (SSSR count). The average Bonchev–Trinajstić information content (AvgIpc) is 2.37. The predicted octanol–water partition coefficient (Wildman–Crippen LogP) is 4.10. The Kier molecular flexibility index (Phi) is 3.99. The minimum atomic E-state index is 0.800. The maximum Gasteiger partial charge on any atom is 0.0144 e. The summed E-state index contributed by atoms with van der Waals surface area (Å²) in [7, 11) is 0. The lowest BCUT2D eigenvalue weighted by molar-refractivity contribution is 0.531. The fraction of sp³-hybridized carbons (Fsp3) is 0.800. The molecule has 1 unspecified atom stereocenters. The number of allylic oxidation sites excluding steroid dienone is 2. The van der Waals surface area contributed by atoms with Crippen molar-refractivity contribution < 1.29 is 0 Å². The van der Waals surface area contributed by atoms with E-state index < -0.39 is 0 Å². The molecule has 0 heterocycles. The first-order chi connectivity index (χ1) is 5.33. The zero-order valence-electron chi connectivity index (χ0n) is 7.28. The first-order valence-corrected chi connectivity index (χ1v) is 5.07. The summed E-state index contributed by atoms with van der Waals surface area (Å²) in [6.45, 7) is 2.25. The molecule has 0 fully saturated rings. The van der Waals surface area contributed by atoms with Crippen LogP contribution >= 0.6 is 11.6 Å². The molecule has 64 valence electrons. The number of hydrogen-bond acceptors (Lipinski definition) is 0. The largest absolute Gasteiger partial charge is 0.0895 e. The molecule has 0 bridgehead atoms. The Morgan fingerprint density at radius 2 is 2.36 bits per heavy atom. The summed E-state index contributed by atoms with van der Waals surface area (Å²) in [6, 6.07) is 0. The van der Waals surface area contributed by atoms with Crippen LogP contribution in [0.1, 0.15) is 45.4 Å². The van der Waals surface area contributed by atoms with Crippen molar-refractivity contribution in [2.24, 2.45) is 5.92 Å². The second-order valence-electron chi connectivity index (χ2n) is 3.41. The van der Waals surface area contributed by atoms with Gasteiger partial charge in [-0.15, -0.1) is 0 Å². The monoisotopic (exact) mass is 172 g/mol. The van der Waals surface area contributed by atoms with Crippen LogP contribution in [-0.2, 0) is 0 Å². The maximum atomic E-state index is 5.88. The Morgan fingerprint density at radius 3 is 2.91 bits per heavy atom. The van der Waals surface area contributed by atoms with E-state index >= 15 is 0 Å². The molecule has 1 heteroatoms. The molecule has 0 aromatic carbocycles. The minimum Gasteiger partial charge on any atom is -0.0895 e. The summed E-state index contributed by atoms with van der Waals surface area (Å²) in [5.41, 5.74) is 0. The molecule has 0 aliphatic heterocycles. The fourth-order valence-electron chi connectivity index (χ4n) is 1.63. The molecule has 0 spiro atoms. The van der Waals surface area contributed by atoms with Gasteiger partial charge >= 0.3 is 0 Å². The highest BCUT2D eigenvalue weighted by molar-refractivity contribution is 6.29. The SMILES string of the molecule is CCCCCC1C=C(Cl)CC1. The van der Waals surface area contributed by atoms with Crippen molar-refractivity contribution in [1.29, 1.82) is 0 Å². The normalized spacial score (nSPS) is 23.8. The van der Waals surface area contributed by atoms with Crippen LogP contribution in [0.15, 0.2) is 11.1 Å². The van der Waals surface area contributed by atoms with E-state index in [2.05, 4.69) is 13.0 Å². The van der Waals surface area contributed by atoms with Crippen LogP contribution < -0.4 is 0 Å². The van der Waals surface area contributed by atoms with E-state index in [1.54, 1.807) is 0 Å². The van der Waals surface area contributed by atoms with Crippen LogP contribution in [0.25, 0.3) is 0 Å². The molecule has 11 heavy (non-hydrogen) atoms. The second-order valence-corrected chi connectivity index (χ2v) is 3.89. The molecule has 0 aromatic heterocycles. The van der Waals surface area contributed by atoms with Crippen LogP contribution in [-0.4, -0.2) is 0 Å². The Morgan fingerprint density at radius 1 is 1.55 bits per heavy atom. The molecule has 1 aliphatic rings. The van der Waals surface area contributed by atoms with Gasteiger partial charge in [-0.3, -0.25) is 0 Å². The van der Waals surface area contributed by atoms with Gasteiger partial charge in [0.05, 0.1) is 0 Å². The quantitative estimate of drug-likeness (QED) is 0.561. The molecule has 1 atom stereocenters. The zero-order chi connectivity index (χ0) is 8.10. The van der Waals surface area contributed by atoms with Crippen LogP contribution in [0.4, 0.5) is 0 Å². The highest BCUT2D eigenvalue weighted by atomic mass is 35.5. The van der Waals surface area contributed by atoms with Gasteiger partial charge in [0.15, 0.2) is 0 Å². The lowest BCUT2D eigenvalue weighted by Crippen LogP contribution is -1.90. The van der Waals surface area contributed by atoms with Crippen molar-refractivity contribution in [3.05, 3.63) is 11.1 Å². The second kappa shape index (κ2) is 4.82. The highest BCUT2D eigenvalue weighted by Gasteiger charge is 2.13. The number of hydrogen-bond donors (Lipinski definition) is 0. The van der Waals surface area contributed by atoms with Gasteiger partial charge in [0.2, 0.25) is 0 Å². The van der Waals surface area contributed by atoms with E-state index in [1.807, 2.05) is 0 Å². The molecule has 0 N–H and O–H groups in total. The molecule has 0 nitrogen and oxygen atoms in total. The van der Waals surface area contributed by atoms with Crippen molar-refractivity contribution in [3.8, 4) is 0 Å². The molecule has 0 aromatic rings. The molecule has 0 amide bonds. The summed E-state index contributed by atoms with van der Waals surface area (Å²) < 4.78 is 0. The summed E-state index contributed by atoms with van der Waals surface area (Å²) in [6.07, 6.45) is 10.1. The van der Waals surface area contributed by atoms with Gasteiger partial charge in [0.25, 0.3) is 0 Å². The maximum absolute atomic E-state index is 5.88. The Bertz CT molecular complexity index is 138. The van der Waals surface area contributed by atoms with E-state index in [1.165, 1.54) is 32.1 Å². The van der Waals surface area contributed by atoms with Crippen molar-refractivity contribution in [3.63, 3.8) is 0 Å². The number of rotatable bonds is 4. The first kappa shape index (κ1) is 9.12.